The average Bonchev–Trinajstić information content (AvgIpc) is 3.44. The number of ether oxygens (including phenoxy) is 1. The first-order chi connectivity index (χ1) is 16.2. The van der Waals surface area contributed by atoms with Crippen LogP contribution in [-0.2, 0) is 11.2 Å². The van der Waals surface area contributed by atoms with Crippen molar-refractivity contribution in [3.63, 3.8) is 0 Å². The molecule has 0 unspecified atom stereocenters. The number of nitrogens with zero attached hydrogens (tertiary/aromatic N) is 6. The Morgan fingerprint density at radius 3 is 2.91 bits per heavy atom. The fourth-order valence-corrected chi connectivity index (χ4v) is 4.26. The molecule has 0 bridgehead atoms. The van der Waals surface area contributed by atoms with E-state index in [0.717, 1.165) is 44.7 Å². The van der Waals surface area contributed by atoms with E-state index in [1.54, 1.807) is 30.2 Å². The van der Waals surface area contributed by atoms with Crippen LogP contribution in [0, 0.1) is 0 Å². The highest BCUT2D eigenvalue weighted by atomic mass is 16.5. The maximum atomic E-state index is 11.8. The number of aromatic nitrogens is 6. The number of benzene rings is 1. The third-order valence-corrected chi connectivity index (χ3v) is 5.89. The molecule has 5 aromatic rings. The fourth-order valence-electron chi connectivity index (χ4n) is 4.26. The van der Waals surface area contributed by atoms with Gasteiger partial charge in [0, 0.05) is 43.8 Å². The van der Waals surface area contributed by atoms with Gasteiger partial charge in [-0.25, -0.2) is 14.2 Å². The maximum absolute atomic E-state index is 11.8. The summed E-state index contributed by atoms with van der Waals surface area (Å²) in [6.07, 6.45) is 8.27. The van der Waals surface area contributed by atoms with Gasteiger partial charge >= 0.3 is 0 Å². The van der Waals surface area contributed by atoms with Crippen LogP contribution in [0.15, 0.2) is 49.1 Å². The number of hydrogen-bond acceptors (Lipinski definition) is 7. The van der Waals surface area contributed by atoms with Gasteiger partial charge in [-0.2, -0.15) is 5.10 Å². The van der Waals surface area contributed by atoms with Crippen molar-refractivity contribution >= 4 is 34.0 Å². The Labute approximate surface area is 188 Å². The third kappa shape index (κ3) is 2.99. The first kappa shape index (κ1) is 19.2. The highest BCUT2D eigenvalue weighted by Gasteiger charge is 2.22. The smallest absolute Gasteiger partial charge is 0.224 e. The van der Waals surface area contributed by atoms with Crippen molar-refractivity contribution < 1.29 is 9.53 Å². The van der Waals surface area contributed by atoms with E-state index >= 15 is 0 Å². The number of rotatable bonds is 4. The monoisotopic (exact) mass is 440 g/mol. The molecule has 2 N–H and O–H groups in total. The van der Waals surface area contributed by atoms with E-state index in [1.165, 1.54) is 0 Å². The minimum Gasteiger partial charge on any atom is -0.494 e. The molecule has 10 nitrogen and oxygen atoms in total. The zero-order valence-electron chi connectivity index (χ0n) is 18.0. The zero-order valence-corrected chi connectivity index (χ0v) is 18.0. The van der Waals surface area contributed by atoms with E-state index in [0.29, 0.717) is 24.4 Å². The standard InChI is InChI=1S/C23H20N8O2/c1-24-22-15-11-26-17(14-12-27-30-7-3-6-25-23(14)30)9-18(15)31(29-22)19-8-13-4-5-21(32)28-16(13)10-20(19)33-2/h3,6-12H,4-5H2,1-2H3,(H,24,29)(H,28,32). The van der Waals surface area contributed by atoms with Gasteiger partial charge in [0.05, 0.1) is 35.5 Å². The van der Waals surface area contributed by atoms with Crippen molar-refractivity contribution in [1.29, 1.82) is 0 Å². The van der Waals surface area contributed by atoms with Crippen LogP contribution in [0.5, 0.6) is 5.75 Å². The number of fused-ring (bicyclic) bond motifs is 3. The van der Waals surface area contributed by atoms with Crippen molar-refractivity contribution in [2.75, 3.05) is 24.8 Å². The summed E-state index contributed by atoms with van der Waals surface area (Å²) in [5, 5.41) is 16.1. The number of methoxy groups -OCH3 is 1. The Bertz CT molecular complexity index is 1550. The Morgan fingerprint density at radius 2 is 2.06 bits per heavy atom. The van der Waals surface area contributed by atoms with Crippen LogP contribution in [0.4, 0.5) is 11.5 Å². The summed E-state index contributed by atoms with van der Waals surface area (Å²) in [6, 6.07) is 7.69. The molecule has 0 radical (unpaired) electrons. The van der Waals surface area contributed by atoms with Crippen molar-refractivity contribution in [3.05, 3.63) is 54.6 Å². The lowest BCUT2D eigenvalue weighted by atomic mass is 10.0. The summed E-state index contributed by atoms with van der Waals surface area (Å²) < 4.78 is 9.25. The second-order valence-corrected chi connectivity index (χ2v) is 7.77. The van der Waals surface area contributed by atoms with Crippen LogP contribution in [0.25, 0.3) is 33.5 Å². The number of carbonyl (C=O) groups is 1. The Balaban J connectivity index is 1.57. The largest absolute Gasteiger partial charge is 0.494 e. The number of nitrogens with one attached hydrogen (secondary N) is 2. The van der Waals surface area contributed by atoms with Crippen LogP contribution in [0.2, 0.25) is 0 Å². The summed E-state index contributed by atoms with van der Waals surface area (Å²) in [5.41, 5.74) is 5.76. The predicted molar refractivity (Wildman–Crippen MR) is 124 cm³/mol. The zero-order chi connectivity index (χ0) is 22.5. The van der Waals surface area contributed by atoms with Crippen LogP contribution in [0.1, 0.15) is 12.0 Å². The highest BCUT2D eigenvalue weighted by Crippen LogP contribution is 2.36. The Kier molecular flexibility index (Phi) is 4.25. The molecule has 0 atom stereocenters. The average molecular weight is 440 g/mol. The molecule has 0 saturated carbocycles. The van der Waals surface area contributed by atoms with E-state index in [1.807, 2.05) is 42.2 Å². The molecule has 1 aromatic carbocycles. The van der Waals surface area contributed by atoms with E-state index in [-0.39, 0.29) is 5.91 Å². The van der Waals surface area contributed by atoms with Crippen molar-refractivity contribution in [3.8, 4) is 22.7 Å². The second-order valence-electron chi connectivity index (χ2n) is 7.77. The van der Waals surface area contributed by atoms with E-state index < -0.39 is 0 Å². The molecule has 1 aliphatic rings. The maximum Gasteiger partial charge on any atom is 0.224 e. The van der Waals surface area contributed by atoms with Gasteiger partial charge in [-0.3, -0.25) is 9.78 Å². The van der Waals surface area contributed by atoms with E-state index in [2.05, 4.69) is 25.7 Å². The van der Waals surface area contributed by atoms with Crippen molar-refractivity contribution in [2.45, 2.75) is 12.8 Å². The minimum absolute atomic E-state index is 0.0111. The van der Waals surface area contributed by atoms with Gasteiger partial charge in [0.1, 0.15) is 11.4 Å². The lowest BCUT2D eigenvalue weighted by Crippen LogP contribution is -2.19. The van der Waals surface area contributed by atoms with Crippen LogP contribution in [-0.4, -0.2) is 49.4 Å². The van der Waals surface area contributed by atoms with Crippen LogP contribution >= 0.6 is 0 Å². The fraction of sp³-hybridized carbons (Fsp3) is 0.174. The highest BCUT2D eigenvalue weighted by molar-refractivity contribution is 5.96. The number of carbonyl (C=O) groups excluding carboxylic acids is 1. The summed E-state index contributed by atoms with van der Waals surface area (Å²) in [7, 11) is 3.44. The molecular formula is C23H20N8O2. The molecule has 0 spiro atoms. The van der Waals surface area contributed by atoms with Gasteiger partial charge in [0.25, 0.3) is 0 Å². The van der Waals surface area contributed by atoms with Crippen LogP contribution < -0.4 is 15.4 Å². The third-order valence-electron chi connectivity index (χ3n) is 5.89. The van der Waals surface area contributed by atoms with Crippen molar-refractivity contribution in [2.24, 2.45) is 0 Å². The van der Waals surface area contributed by atoms with Gasteiger partial charge < -0.3 is 15.4 Å². The molecular weight excluding hydrogens is 420 g/mol. The summed E-state index contributed by atoms with van der Waals surface area (Å²) >= 11 is 0. The van der Waals surface area contributed by atoms with Gasteiger partial charge in [-0.15, -0.1) is 5.10 Å². The molecule has 0 saturated heterocycles. The van der Waals surface area contributed by atoms with Gasteiger partial charge in [0.15, 0.2) is 11.5 Å². The number of pyridine rings is 1. The lowest BCUT2D eigenvalue weighted by Gasteiger charge is -2.20. The second kappa shape index (κ2) is 7.30. The minimum atomic E-state index is 0.0111. The number of amides is 1. The molecule has 5 heterocycles. The molecule has 0 fully saturated rings. The number of anilines is 2. The van der Waals surface area contributed by atoms with Gasteiger partial charge in [-0.05, 0) is 30.2 Å². The lowest BCUT2D eigenvalue weighted by molar-refractivity contribution is -0.116. The van der Waals surface area contributed by atoms with Crippen molar-refractivity contribution in [1.82, 2.24) is 29.4 Å². The number of hydrogen-bond donors (Lipinski definition) is 2. The molecule has 164 valence electrons. The normalized spacial score (nSPS) is 13.2. The van der Waals surface area contributed by atoms with Crippen LogP contribution in [0.3, 0.4) is 0 Å². The molecule has 6 rings (SSSR count). The van der Waals surface area contributed by atoms with Gasteiger partial charge in [0.2, 0.25) is 5.91 Å². The molecule has 10 heteroatoms. The summed E-state index contributed by atoms with van der Waals surface area (Å²) in [5.74, 6) is 1.33. The van der Waals surface area contributed by atoms with E-state index in [9.17, 15) is 4.79 Å². The summed E-state index contributed by atoms with van der Waals surface area (Å²) in [4.78, 5) is 21.0. The quantitative estimate of drug-likeness (QED) is 0.442. The Morgan fingerprint density at radius 1 is 1.15 bits per heavy atom. The topological polar surface area (TPSA) is 111 Å². The number of aryl methyl sites for hydroxylation is 1. The molecule has 1 aliphatic heterocycles. The van der Waals surface area contributed by atoms with Gasteiger partial charge in [-0.1, -0.05) is 0 Å². The SMILES string of the molecule is CNc1nn(-c2cc3c(cc2OC)NC(=O)CC3)c2cc(-c3cnn4cccnc34)ncc12. The Hall–Kier alpha value is -4.47. The first-order valence-electron chi connectivity index (χ1n) is 10.5. The molecule has 0 aliphatic carbocycles. The van der Waals surface area contributed by atoms with E-state index in [4.69, 9.17) is 9.84 Å². The molecule has 4 aromatic heterocycles. The summed E-state index contributed by atoms with van der Waals surface area (Å²) in [6.45, 7) is 0. The molecule has 1 amide bonds. The predicted octanol–water partition coefficient (Wildman–Crippen LogP) is 3.07. The molecule has 33 heavy (non-hydrogen) atoms. The first-order valence-corrected chi connectivity index (χ1v) is 10.5.